The zero-order valence-corrected chi connectivity index (χ0v) is 15.7. The van der Waals surface area contributed by atoms with E-state index in [9.17, 15) is 4.79 Å². The Balaban J connectivity index is 1.92. The number of rotatable bonds is 5. The number of ether oxygens (including phenoxy) is 1. The molecule has 3 aromatic rings. The lowest BCUT2D eigenvalue weighted by Crippen LogP contribution is -2.09. The van der Waals surface area contributed by atoms with E-state index in [4.69, 9.17) is 4.74 Å². The van der Waals surface area contributed by atoms with Crippen molar-refractivity contribution in [2.24, 2.45) is 0 Å². The molecule has 3 aromatic carbocycles. The molecule has 0 aromatic heterocycles. The Morgan fingerprint density at radius 3 is 1.69 bits per heavy atom. The fourth-order valence-electron chi connectivity index (χ4n) is 2.47. The van der Waals surface area contributed by atoms with Crippen molar-refractivity contribution in [2.45, 2.75) is 28.5 Å². The predicted octanol–water partition coefficient (Wildman–Crippen LogP) is 5.65. The van der Waals surface area contributed by atoms with Crippen LogP contribution in [-0.4, -0.2) is 5.97 Å². The molecular weight excluding hydrogens is 340 g/mol. The summed E-state index contributed by atoms with van der Waals surface area (Å²) >= 11 is 0. The van der Waals surface area contributed by atoms with Crippen molar-refractivity contribution in [3.63, 3.8) is 0 Å². The number of benzene rings is 3. The number of hydrogen-bond acceptors (Lipinski definition) is 2. The van der Waals surface area contributed by atoms with E-state index in [-0.39, 0.29) is 16.9 Å². The minimum absolute atomic E-state index is 0.198. The Kier molecular flexibility index (Phi) is 5.92. The highest BCUT2D eigenvalue weighted by atomic mass is 32.2. The lowest BCUT2D eigenvalue weighted by Gasteiger charge is -2.09. The van der Waals surface area contributed by atoms with Gasteiger partial charge in [-0.1, -0.05) is 42.5 Å². The number of carbonyl (C=O) groups excluding carboxylic acids is 1. The van der Waals surface area contributed by atoms with Crippen LogP contribution in [0, 0.1) is 0 Å². The molecule has 2 nitrogen and oxygen atoms in total. The lowest BCUT2D eigenvalue weighted by atomic mass is 10.3. The van der Waals surface area contributed by atoms with Gasteiger partial charge < -0.3 is 4.74 Å². The van der Waals surface area contributed by atoms with Gasteiger partial charge in [-0.2, -0.15) is 0 Å². The molecular formula is C23H21O2S+. The van der Waals surface area contributed by atoms with Crippen molar-refractivity contribution in [3.05, 3.63) is 96.6 Å². The number of hydrogen-bond donors (Lipinski definition) is 0. The van der Waals surface area contributed by atoms with E-state index >= 15 is 0 Å². The van der Waals surface area contributed by atoms with Crippen molar-refractivity contribution in [1.82, 2.24) is 0 Å². The van der Waals surface area contributed by atoms with Gasteiger partial charge in [-0.3, -0.25) is 0 Å². The summed E-state index contributed by atoms with van der Waals surface area (Å²) in [5.74, 6) is 0.245. The zero-order valence-electron chi connectivity index (χ0n) is 14.9. The van der Waals surface area contributed by atoms with Crippen LogP contribution >= 0.6 is 0 Å². The van der Waals surface area contributed by atoms with Gasteiger partial charge in [0, 0.05) is 5.57 Å². The van der Waals surface area contributed by atoms with E-state index in [1.807, 2.05) is 43.3 Å². The molecule has 0 unspecified atom stereocenters. The van der Waals surface area contributed by atoms with Gasteiger partial charge in [0.15, 0.2) is 14.7 Å². The van der Waals surface area contributed by atoms with Crippen LogP contribution in [0.3, 0.4) is 0 Å². The Labute approximate surface area is 157 Å². The fraction of sp³-hybridized carbons (Fsp3) is 0.0870. The van der Waals surface area contributed by atoms with Crippen LogP contribution in [0.15, 0.2) is 111 Å². The van der Waals surface area contributed by atoms with Crippen LogP contribution in [0.5, 0.6) is 5.75 Å². The minimum Gasteiger partial charge on any atom is -0.423 e. The summed E-state index contributed by atoms with van der Waals surface area (Å²) in [5, 5.41) is 0. The van der Waals surface area contributed by atoms with Crippen molar-refractivity contribution >= 4 is 16.9 Å². The molecule has 26 heavy (non-hydrogen) atoms. The number of allylic oxidation sites excluding steroid dienone is 1. The molecule has 0 N–H and O–H groups in total. The monoisotopic (exact) mass is 361 g/mol. The molecule has 0 heterocycles. The first kappa shape index (κ1) is 18.0. The molecule has 130 valence electrons. The number of carbonyl (C=O) groups is 1. The third-order valence-electron chi connectivity index (χ3n) is 3.98. The second kappa shape index (κ2) is 8.54. The third kappa shape index (κ3) is 4.24. The molecule has 3 heteroatoms. The average molecular weight is 361 g/mol. The van der Waals surface area contributed by atoms with E-state index in [0.717, 1.165) is 0 Å². The largest absolute Gasteiger partial charge is 0.423 e. The summed E-state index contributed by atoms with van der Waals surface area (Å²) in [7, 11) is -0.198. The van der Waals surface area contributed by atoms with Gasteiger partial charge in [0.25, 0.3) is 0 Å². The Morgan fingerprint density at radius 2 is 1.23 bits per heavy atom. The second-order valence-electron chi connectivity index (χ2n) is 5.76. The molecule has 0 aliphatic heterocycles. The molecule has 0 amide bonds. The smallest absolute Gasteiger partial charge is 0.338 e. The van der Waals surface area contributed by atoms with Crippen LogP contribution in [0.4, 0.5) is 0 Å². The Bertz CT molecular complexity index is 845. The molecule has 0 aliphatic rings. The highest BCUT2D eigenvalue weighted by Crippen LogP contribution is 2.31. The van der Waals surface area contributed by atoms with Gasteiger partial charge in [0.05, 0.1) is 10.9 Å². The molecule has 0 saturated heterocycles. The Hall–Kier alpha value is -2.78. The maximum absolute atomic E-state index is 11.9. The predicted molar refractivity (Wildman–Crippen MR) is 107 cm³/mol. The van der Waals surface area contributed by atoms with Crippen molar-refractivity contribution < 1.29 is 9.53 Å². The molecule has 0 atom stereocenters. The molecule has 0 saturated carbocycles. The zero-order chi connectivity index (χ0) is 18.4. The normalized spacial score (nSPS) is 11.4. The summed E-state index contributed by atoms with van der Waals surface area (Å²) in [6, 6.07) is 28.7. The van der Waals surface area contributed by atoms with Crippen molar-refractivity contribution in [3.8, 4) is 5.75 Å². The molecule has 0 bridgehead atoms. The van der Waals surface area contributed by atoms with Crippen LogP contribution in [0.1, 0.15) is 13.8 Å². The van der Waals surface area contributed by atoms with Gasteiger partial charge in [-0.25, -0.2) is 4.79 Å². The topological polar surface area (TPSA) is 26.3 Å². The fourth-order valence-corrected chi connectivity index (χ4v) is 4.55. The minimum atomic E-state index is -0.314. The van der Waals surface area contributed by atoms with Crippen LogP contribution in [0.25, 0.3) is 0 Å². The van der Waals surface area contributed by atoms with Crippen molar-refractivity contribution in [2.75, 3.05) is 0 Å². The van der Waals surface area contributed by atoms with E-state index in [2.05, 4.69) is 48.5 Å². The Morgan fingerprint density at radius 1 is 0.769 bits per heavy atom. The van der Waals surface area contributed by atoms with Gasteiger partial charge in [-0.15, -0.1) is 0 Å². The summed E-state index contributed by atoms with van der Waals surface area (Å²) in [6.07, 6.45) is 1.75. The van der Waals surface area contributed by atoms with E-state index in [1.165, 1.54) is 14.7 Å². The van der Waals surface area contributed by atoms with E-state index in [1.54, 1.807) is 13.0 Å². The molecule has 0 aliphatic carbocycles. The first-order chi connectivity index (χ1) is 12.7. The van der Waals surface area contributed by atoms with Gasteiger partial charge in [0.1, 0.15) is 5.75 Å². The summed E-state index contributed by atoms with van der Waals surface area (Å²) in [4.78, 5) is 15.6. The van der Waals surface area contributed by atoms with Gasteiger partial charge in [-0.05, 0) is 62.4 Å². The van der Waals surface area contributed by atoms with Crippen LogP contribution in [0.2, 0.25) is 0 Å². The van der Waals surface area contributed by atoms with Crippen LogP contribution < -0.4 is 4.74 Å². The maximum atomic E-state index is 11.9. The highest BCUT2D eigenvalue weighted by molar-refractivity contribution is 7.97. The third-order valence-corrected chi connectivity index (χ3v) is 6.21. The van der Waals surface area contributed by atoms with Crippen molar-refractivity contribution in [1.29, 1.82) is 0 Å². The first-order valence-electron chi connectivity index (χ1n) is 8.48. The summed E-state index contributed by atoms with van der Waals surface area (Å²) in [5.41, 5.74) is 0.599. The SMILES string of the molecule is C/C=C(\C)C(=O)Oc1ccc([S+](c2ccccc2)c2ccccc2)cc1. The van der Waals surface area contributed by atoms with E-state index in [0.29, 0.717) is 11.3 Å². The standard InChI is InChI=1S/C23H21O2S/c1-3-18(2)23(24)25-19-14-16-22(17-15-19)26(20-10-6-4-7-11-20)21-12-8-5-9-13-21/h3-17H,1-2H3/q+1/b18-3+. The second-order valence-corrected chi connectivity index (χ2v) is 7.79. The summed E-state index contributed by atoms with van der Waals surface area (Å²) < 4.78 is 5.41. The van der Waals surface area contributed by atoms with Gasteiger partial charge >= 0.3 is 5.97 Å². The quantitative estimate of drug-likeness (QED) is 0.254. The average Bonchev–Trinajstić information content (AvgIpc) is 2.70. The lowest BCUT2D eigenvalue weighted by molar-refractivity contribution is -0.130. The molecule has 0 radical (unpaired) electrons. The van der Waals surface area contributed by atoms with Gasteiger partial charge in [0.2, 0.25) is 0 Å². The highest BCUT2D eigenvalue weighted by Gasteiger charge is 2.28. The molecule has 0 fully saturated rings. The summed E-state index contributed by atoms with van der Waals surface area (Å²) in [6.45, 7) is 3.57. The first-order valence-corrected chi connectivity index (χ1v) is 9.71. The molecule has 0 spiro atoms. The molecule has 3 rings (SSSR count). The van der Waals surface area contributed by atoms with Crippen LogP contribution in [-0.2, 0) is 15.7 Å². The maximum Gasteiger partial charge on any atom is 0.338 e. The number of esters is 1. The van der Waals surface area contributed by atoms with E-state index < -0.39 is 0 Å².